The lowest BCUT2D eigenvalue weighted by Crippen LogP contribution is -2.37. The molecule has 0 atom stereocenters. The molecule has 0 aliphatic carbocycles. The molecule has 0 bridgehead atoms. The van der Waals surface area contributed by atoms with Gasteiger partial charge in [0, 0.05) is 12.4 Å². The van der Waals surface area contributed by atoms with Gasteiger partial charge in [0.25, 0.3) is 5.56 Å². The fraction of sp³-hybridized carbons (Fsp3) is 0.571. The second-order valence-electron chi connectivity index (χ2n) is 2.61. The molecule has 0 fully saturated rings. The normalized spacial score (nSPS) is 10.3. The highest BCUT2D eigenvalue weighted by molar-refractivity contribution is 6.17. The van der Waals surface area contributed by atoms with E-state index in [9.17, 15) is 9.59 Å². The second kappa shape index (κ2) is 4.23. The van der Waals surface area contributed by atoms with E-state index < -0.39 is 5.69 Å². The van der Waals surface area contributed by atoms with Crippen LogP contribution in [0.1, 0.15) is 12.1 Å². The zero-order chi connectivity index (χ0) is 9.84. The Morgan fingerprint density at radius 2 is 2.23 bits per heavy atom. The zero-order valence-electron chi connectivity index (χ0n) is 7.21. The van der Waals surface area contributed by atoms with Crippen LogP contribution in [0.5, 0.6) is 0 Å². The Balaban J connectivity index is 3.11. The minimum Gasteiger partial charge on any atom is -0.267 e. The number of aryl methyl sites for hydroxylation is 1. The van der Waals surface area contributed by atoms with E-state index in [4.69, 9.17) is 11.6 Å². The number of aromatic amines is 1. The van der Waals surface area contributed by atoms with E-state index in [1.165, 1.54) is 0 Å². The zero-order valence-corrected chi connectivity index (χ0v) is 7.97. The molecule has 1 aromatic rings. The van der Waals surface area contributed by atoms with Crippen molar-refractivity contribution in [3.05, 3.63) is 26.5 Å². The number of H-pyrrole nitrogens is 1. The van der Waals surface area contributed by atoms with Crippen LogP contribution in [0.3, 0.4) is 0 Å². The summed E-state index contributed by atoms with van der Waals surface area (Å²) >= 11 is 5.45. The first-order chi connectivity index (χ1) is 6.16. The Labute approximate surface area is 79.4 Å². The number of rotatable bonds is 3. The summed E-state index contributed by atoms with van der Waals surface area (Å²) in [5, 5.41) is 5.78. The second-order valence-corrected chi connectivity index (χ2v) is 2.99. The first-order valence-electron chi connectivity index (χ1n) is 3.89. The topological polar surface area (TPSA) is 67.8 Å². The summed E-state index contributed by atoms with van der Waals surface area (Å²) < 4.78 is 1.10. The van der Waals surface area contributed by atoms with E-state index in [-0.39, 0.29) is 11.3 Å². The smallest absolute Gasteiger partial charge is 0.267 e. The van der Waals surface area contributed by atoms with Crippen LogP contribution in [0, 0.1) is 6.92 Å². The van der Waals surface area contributed by atoms with Gasteiger partial charge >= 0.3 is 5.69 Å². The molecule has 0 unspecified atom stereocenters. The summed E-state index contributed by atoms with van der Waals surface area (Å²) in [6.45, 7) is 1.89. The van der Waals surface area contributed by atoms with Gasteiger partial charge in [-0.1, -0.05) is 0 Å². The maximum atomic E-state index is 11.3. The van der Waals surface area contributed by atoms with E-state index >= 15 is 0 Å². The molecule has 0 aliphatic rings. The van der Waals surface area contributed by atoms with Crippen LogP contribution in [0.25, 0.3) is 0 Å². The molecule has 0 aromatic carbocycles. The number of hydrogen-bond donors (Lipinski definition) is 1. The molecule has 1 rings (SSSR count). The van der Waals surface area contributed by atoms with Gasteiger partial charge in [0.05, 0.1) is 0 Å². The first-order valence-corrected chi connectivity index (χ1v) is 4.42. The maximum Gasteiger partial charge on any atom is 0.344 e. The average Bonchev–Trinajstić information content (AvgIpc) is 2.12. The van der Waals surface area contributed by atoms with Crippen molar-refractivity contribution in [3.63, 3.8) is 0 Å². The van der Waals surface area contributed by atoms with Crippen molar-refractivity contribution in [2.24, 2.45) is 0 Å². The minimum absolute atomic E-state index is 0.286. The molecule has 0 aliphatic heterocycles. The van der Waals surface area contributed by atoms with Gasteiger partial charge in [0.1, 0.15) is 5.69 Å². The van der Waals surface area contributed by atoms with Crippen molar-refractivity contribution < 1.29 is 0 Å². The number of nitrogens with one attached hydrogen (secondary N) is 1. The SMILES string of the molecule is Cc1n[nH]c(=O)n(CCCCl)c1=O. The highest BCUT2D eigenvalue weighted by Gasteiger charge is 2.03. The lowest BCUT2D eigenvalue weighted by Gasteiger charge is -2.01. The monoisotopic (exact) mass is 203 g/mol. The molecule has 5 nitrogen and oxygen atoms in total. The first kappa shape index (κ1) is 9.98. The molecule has 0 spiro atoms. The van der Waals surface area contributed by atoms with Crippen molar-refractivity contribution in [1.29, 1.82) is 0 Å². The molecular formula is C7H10ClN3O2. The number of hydrogen-bond acceptors (Lipinski definition) is 3. The third-order valence-electron chi connectivity index (χ3n) is 1.63. The Morgan fingerprint density at radius 3 is 2.85 bits per heavy atom. The summed E-state index contributed by atoms with van der Waals surface area (Å²) in [6, 6.07) is 0. The largest absolute Gasteiger partial charge is 0.344 e. The van der Waals surface area contributed by atoms with Crippen LogP contribution in [-0.2, 0) is 6.54 Å². The van der Waals surface area contributed by atoms with E-state index in [1.54, 1.807) is 6.92 Å². The van der Waals surface area contributed by atoms with Crippen molar-refractivity contribution in [2.75, 3.05) is 5.88 Å². The summed E-state index contributed by atoms with van der Waals surface area (Å²) in [4.78, 5) is 22.4. The fourth-order valence-electron chi connectivity index (χ4n) is 0.948. The number of aromatic nitrogens is 3. The van der Waals surface area contributed by atoms with E-state index in [0.29, 0.717) is 18.8 Å². The molecule has 72 valence electrons. The van der Waals surface area contributed by atoms with Crippen molar-refractivity contribution >= 4 is 11.6 Å². The summed E-state index contributed by atoms with van der Waals surface area (Å²) in [6.07, 6.45) is 0.591. The molecule has 0 saturated carbocycles. The summed E-state index contributed by atoms with van der Waals surface area (Å²) in [5.41, 5.74) is -0.552. The summed E-state index contributed by atoms with van der Waals surface area (Å²) in [5.74, 6) is 0.424. The molecule has 0 saturated heterocycles. The lowest BCUT2D eigenvalue weighted by atomic mass is 10.4. The molecule has 6 heteroatoms. The molecule has 1 N–H and O–H groups in total. The van der Waals surface area contributed by atoms with Gasteiger partial charge in [-0.3, -0.25) is 9.36 Å². The van der Waals surface area contributed by atoms with Gasteiger partial charge in [-0.25, -0.2) is 9.89 Å². The van der Waals surface area contributed by atoms with Gasteiger partial charge < -0.3 is 0 Å². The van der Waals surface area contributed by atoms with Crippen LogP contribution in [0.4, 0.5) is 0 Å². The number of alkyl halides is 1. The van der Waals surface area contributed by atoms with Crippen LogP contribution in [0.15, 0.2) is 9.59 Å². The fourth-order valence-corrected chi connectivity index (χ4v) is 1.07. The highest BCUT2D eigenvalue weighted by atomic mass is 35.5. The maximum absolute atomic E-state index is 11.3. The Hall–Kier alpha value is -1.10. The van der Waals surface area contributed by atoms with Crippen LogP contribution in [0.2, 0.25) is 0 Å². The highest BCUT2D eigenvalue weighted by Crippen LogP contribution is 1.86. The third kappa shape index (κ3) is 2.18. The van der Waals surface area contributed by atoms with Crippen molar-refractivity contribution in [3.8, 4) is 0 Å². The minimum atomic E-state index is -0.485. The van der Waals surface area contributed by atoms with Gasteiger partial charge in [0.15, 0.2) is 0 Å². The van der Waals surface area contributed by atoms with Gasteiger partial charge in [-0.2, -0.15) is 5.10 Å². The Bertz CT molecular complexity index is 395. The predicted molar refractivity (Wildman–Crippen MR) is 49.2 cm³/mol. The molecule has 0 amide bonds. The van der Waals surface area contributed by atoms with E-state index in [0.717, 1.165) is 4.57 Å². The van der Waals surface area contributed by atoms with Crippen molar-refractivity contribution in [1.82, 2.24) is 14.8 Å². The molecule has 1 aromatic heterocycles. The van der Waals surface area contributed by atoms with E-state index in [2.05, 4.69) is 10.2 Å². The van der Waals surface area contributed by atoms with Gasteiger partial charge in [-0.05, 0) is 13.3 Å². The Morgan fingerprint density at radius 1 is 1.54 bits per heavy atom. The lowest BCUT2D eigenvalue weighted by molar-refractivity contribution is 0.591. The number of halogens is 1. The predicted octanol–water partition coefficient (Wildman–Crippen LogP) is -0.131. The third-order valence-corrected chi connectivity index (χ3v) is 1.90. The molecule has 0 radical (unpaired) electrons. The van der Waals surface area contributed by atoms with Crippen LogP contribution < -0.4 is 11.2 Å². The van der Waals surface area contributed by atoms with Crippen molar-refractivity contribution in [2.45, 2.75) is 19.9 Å². The van der Waals surface area contributed by atoms with Crippen LogP contribution in [-0.4, -0.2) is 20.6 Å². The summed E-state index contributed by atoms with van der Waals surface area (Å²) in [7, 11) is 0. The average molecular weight is 204 g/mol. The quantitative estimate of drug-likeness (QED) is 0.696. The van der Waals surface area contributed by atoms with E-state index in [1.807, 2.05) is 0 Å². The Kier molecular flexibility index (Phi) is 3.25. The molecular weight excluding hydrogens is 194 g/mol. The van der Waals surface area contributed by atoms with Gasteiger partial charge in [0.2, 0.25) is 0 Å². The number of nitrogens with zero attached hydrogens (tertiary/aromatic N) is 2. The van der Waals surface area contributed by atoms with Gasteiger partial charge in [-0.15, -0.1) is 11.6 Å². The molecule has 1 heterocycles. The van der Waals surface area contributed by atoms with Crippen LogP contribution >= 0.6 is 11.6 Å². The standard InChI is InChI=1S/C7H10ClN3O2/c1-5-6(12)11(4-2-3-8)7(13)10-9-5/h2-4H2,1H3,(H,10,13). The molecule has 13 heavy (non-hydrogen) atoms.